The fourth-order valence-corrected chi connectivity index (χ4v) is 2.99. The molecule has 2 rings (SSSR count). The van der Waals surface area contributed by atoms with Crippen LogP contribution in [0.25, 0.3) is 0 Å². The maximum atomic E-state index is 14.7. The molecule has 20 heteroatoms. The third-order valence-corrected chi connectivity index (χ3v) is 4.82. The second-order valence-electron chi connectivity index (χ2n) is 6.58. The predicted octanol–water partition coefficient (Wildman–Crippen LogP) is 7.18. The van der Waals surface area contributed by atoms with Gasteiger partial charge in [0.1, 0.15) is 5.57 Å². The van der Waals surface area contributed by atoms with Crippen LogP contribution in [0.15, 0.2) is 23.1 Å². The van der Waals surface area contributed by atoms with Crippen molar-refractivity contribution in [1.29, 1.82) is 0 Å². The highest BCUT2D eigenvalue weighted by Gasteiger charge is 3.03. The van der Waals surface area contributed by atoms with E-state index in [1.165, 1.54) is 0 Å². The Hall–Kier alpha value is -1.92. The van der Waals surface area contributed by atoms with Crippen LogP contribution < -0.4 is 0 Å². The zero-order valence-corrected chi connectivity index (χ0v) is 14.1. The Morgan fingerprint density at radius 3 is 1.03 bits per heavy atom. The molecule has 192 valence electrons. The van der Waals surface area contributed by atoms with E-state index in [0.717, 1.165) is 0 Å². The molecular weight excluding hydrogens is 536 g/mol. The second kappa shape index (κ2) is 6.19. The minimum absolute atomic E-state index is 5.04. The van der Waals surface area contributed by atoms with Crippen molar-refractivity contribution in [3.05, 3.63) is 23.1 Å². The van der Waals surface area contributed by atoms with Gasteiger partial charge in [-0.2, -0.15) is 79.0 Å². The minimum atomic E-state index is -8.14. The first-order valence-corrected chi connectivity index (χ1v) is 7.28. The summed E-state index contributed by atoms with van der Waals surface area (Å²) in [5.74, 6) is -69.4. The number of allylic oxidation sites excluding steroid dienone is 3. The fraction of sp³-hybridized carbons (Fsp3) is 0.692. The van der Waals surface area contributed by atoms with Gasteiger partial charge in [0.25, 0.3) is 11.7 Å². The Labute approximate surface area is 165 Å². The molecule has 0 bridgehead atoms. The molecule has 0 amide bonds. The normalized spacial score (nSPS) is 31.8. The first kappa shape index (κ1) is 27.3. The summed E-state index contributed by atoms with van der Waals surface area (Å²) in [6.45, 7) is 0. The van der Waals surface area contributed by atoms with Gasteiger partial charge >= 0.3 is 47.4 Å². The van der Waals surface area contributed by atoms with Gasteiger partial charge in [-0.1, -0.05) is 0 Å². The van der Waals surface area contributed by atoms with E-state index >= 15 is 0 Å². The van der Waals surface area contributed by atoms with Crippen molar-refractivity contribution in [1.82, 2.24) is 0 Å². The van der Waals surface area contributed by atoms with Crippen molar-refractivity contribution in [3.63, 3.8) is 0 Å². The van der Waals surface area contributed by atoms with E-state index in [9.17, 15) is 87.8 Å². The second-order valence-corrected chi connectivity index (χ2v) is 6.58. The highest BCUT2D eigenvalue weighted by atomic mass is 19.4. The topological polar surface area (TPSA) is 0 Å². The molecule has 0 aromatic carbocycles. The van der Waals surface area contributed by atoms with E-state index in [-0.39, 0.29) is 0 Å². The summed E-state index contributed by atoms with van der Waals surface area (Å²) in [5, 5.41) is 0. The Kier molecular flexibility index (Phi) is 5.13. The van der Waals surface area contributed by atoms with Gasteiger partial charge in [-0.3, -0.25) is 0 Å². The van der Waals surface area contributed by atoms with Crippen LogP contribution in [0.3, 0.4) is 0 Å². The van der Waals surface area contributed by atoms with E-state index in [0.29, 0.717) is 0 Å². The van der Waals surface area contributed by atoms with Gasteiger partial charge in [-0.15, -0.1) is 0 Å². The summed E-state index contributed by atoms with van der Waals surface area (Å²) in [5.41, 5.74) is -18.6. The average molecular weight is 536 g/mol. The Balaban J connectivity index is 3.30. The molecule has 0 atom stereocenters. The van der Waals surface area contributed by atoms with Crippen molar-refractivity contribution >= 4 is 0 Å². The van der Waals surface area contributed by atoms with E-state index < -0.39 is 76.1 Å². The molecule has 0 aliphatic heterocycles. The zero-order valence-electron chi connectivity index (χ0n) is 14.1. The Morgan fingerprint density at radius 1 is 0.424 bits per heavy atom. The number of halogens is 20. The Morgan fingerprint density at radius 2 is 0.727 bits per heavy atom. The van der Waals surface area contributed by atoms with Crippen molar-refractivity contribution in [2.24, 2.45) is 0 Å². The predicted molar refractivity (Wildman–Crippen MR) is 60.8 cm³/mol. The minimum Gasteiger partial charge on any atom is -0.224 e. The van der Waals surface area contributed by atoms with Crippen LogP contribution in [0.1, 0.15) is 0 Å². The molecule has 0 heterocycles. The van der Waals surface area contributed by atoms with Gasteiger partial charge in [0.2, 0.25) is 0 Å². The van der Waals surface area contributed by atoms with Crippen molar-refractivity contribution < 1.29 is 87.8 Å². The molecule has 0 unspecified atom stereocenters. The van der Waals surface area contributed by atoms with Gasteiger partial charge in [-0.25, -0.2) is 8.78 Å². The number of hydrogen-bond acceptors (Lipinski definition) is 0. The highest BCUT2D eigenvalue weighted by Crippen LogP contribution is 2.74. The van der Waals surface area contributed by atoms with Gasteiger partial charge in [-0.05, 0) is 0 Å². The standard InChI is InChI=1S/C13F20/c14-3-1(5(17)8(22,23)12(30,31)13(32,33)9(5,24)25)2(4(15)16)6(18,19)10(26,27)11(28,29)7(3,20)21. The lowest BCUT2D eigenvalue weighted by molar-refractivity contribution is -0.348. The summed E-state index contributed by atoms with van der Waals surface area (Å²) in [6, 6.07) is 0. The molecule has 2 aliphatic rings. The molecule has 0 radical (unpaired) electrons. The van der Waals surface area contributed by atoms with E-state index in [1.54, 1.807) is 0 Å². The van der Waals surface area contributed by atoms with Crippen LogP contribution in [0.2, 0.25) is 0 Å². The zero-order chi connectivity index (χ0) is 26.8. The molecule has 1 saturated carbocycles. The molecule has 1 fully saturated rings. The van der Waals surface area contributed by atoms with Crippen molar-refractivity contribution in [2.75, 3.05) is 0 Å². The lowest BCUT2D eigenvalue weighted by Gasteiger charge is -2.35. The van der Waals surface area contributed by atoms with Gasteiger partial charge < -0.3 is 0 Å². The van der Waals surface area contributed by atoms with Crippen LogP contribution in [0.4, 0.5) is 87.8 Å². The molecule has 2 aliphatic carbocycles. The summed E-state index contributed by atoms with van der Waals surface area (Å²) < 4.78 is 271. The summed E-state index contributed by atoms with van der Waals surface area (Å²) in [7, 11) is 0. The van der Waals surface area contributed by atoms with Crippen molar-refractivity contribution in [2.45, 2.75) is 53.0 Å². The molecule has 0 aromatic heterocycles. The highest BCUT2D eigenvalue weighted by molar-refractivity contribution is 5.56. The molecule has 33 heavy (non-hydrogen) atoms. The van der Waals surface area contributed by atoms with E-state index in [2.05, 4.69) is 0 Å². The quantitative estimate of drug-likeness (QED) is 0.312. The van der Waals surface area contributed by atoms with Crippen LogP contribution >= 0.6 is 0 Å². The number of rotatable bonds is 1. The lowest BCUT2D eigenvalue weighted by Crippen LogP contribution is -2.61. The van der Waals surface area contributed by atoms with Gasteiger partial charge in [0, 0.05) is 0 Å². The third kappa shape index (κ3) is 2.37. The third-order valence-electron chi connectivity index (χ3n) is 4.82. The maximum absolute atomic E-state index is 14.7. The SMILES string of the molecule is FC(F)=C1C(C2(F)C(F)(F)C(F)(F)C(F)(F)C2(F)F)=C(F)C(F)(F)C(F)(F)C(F)(F)C1(F)F. The van der Waals surface area contributed by atoms with Gasteiger partial charge in [0.05, 0.1) is 5.57 Å². The summed E-state index contributed by atoms with van der Waals surface area (Å²) in [6.07, 6.45) is -5.04. The van der Waals surface area contributed by atoms with E-state index in [4.69, 9.17) is 0 Å². The molecule has 0 nitrogen and oxygen atoms in total. The first-order valence-electron chi connectivity index (χ1n) is 7.28. The summed E-state index contributed by atoms with van der Waals surface area (Å²) >= 11 is 0. The van der Waals surface area contributed by atoms with Gasteiger partial charge in [0.15, 0.2) is 5.83 Å². The maximum Gasteiger partial charge on any atom is 0.385 e. The molecular formula is C13F20. The van der Waals surface area contributed by atoms with Crippen LogP contribution in [-0.4, -0.2) is 53.0 Å². The molecule has 0 N–H and O–H groups in total. The number of alkyl halides is 17. The summed E-state index contributed by atoms with van der Waals surface area (Å²) in [4.78, 5) is 0. The van der Waals surface area contributed by atoms with Crippen LogP contribution in [0, 0.1) is 0 Å². The number of hydrogen-bond donors (Lipinski definition) is 0. The smallest absolute Gasteiger partial charge is 0.224 e. The lowest BCUT2D eigenvalue weighted by atomic mass is 9.80. The molecule has 0 saturated heterocycles. The largest absolute Gasteiger partial charge is 0.385 e. The average Bonchev–Trinajstić information content (AvgIpc) is 2.64. The fourth-order valence-electron chi connectivity index (χ4n) is 2.99. The van der Waals surface area contributed by atoms with E-state index in [1.807, 2.05) is 0 Å². The Bertz CT molecular complexity index is 902. The van der Waals surface area contributed by atoms with Crippen molar-refractivity contribution in [3.8, 4) is 0 Å². The van der Waals surface area contributed by atoms with Crippen LogP contribution in [0.5, 0.6) is 0 Å². The molecule has 0 spiro atoms. The van der Waals surface area contributed by atoms with Crippen LogP contribution in [-0.2, 0) is 0 Å². The monoisotopic (exact) mass is 536 g/mol. The first-order chi connectivity index (χ1) is 14.1. The molecule has 0 aromatic rings.